The summed E-state index contributed by atoms with van der Waals surface area (Å²) < 4.78 is 24.5. The minimum atomic E-state index is -0.632. The van der Waals surface area contributed by atoms with Crippen LogP contribution in [0.1, 0.15) is 22.8 Å². The summed E-state index contributed by atoms with van der Waals surface area (Å²) in [6, 6.07) is 16.3. The number of hydrogen-bond donors (Lipinski definition) is 2. The molecule has 33 heavy (non-hydrogen) atoms. The second-order valence-electron chi connectivity index (χ2n) is 7.43. The Kier molecular flexibility index (Phi) is 5.95. The summed E-state index contributed by atoms with van der Waals surface area (Å²) in [5.41, 5.74) is 9.44. The summed E-state index contributed by atoms with van der Waals surface area (Å²) in [6.07, 6.45) is 3.02. The van der Waals surface area contributed by atoms with Crippen LogP contribution in [0.25, 0.3) is 27.7 Å². The Morgan fingerprint density at radius 2 is 1.79 bits per heavy atom. The third kappa shape index (κ3) is 4.48. The van der Waals surface area contributed by atoms with E-state index in [2.05, 4.69) is 5.32 Å². The van der Waals surface area contributed by atoms with Gasteiger partial charge in [0.25, 0.3) is 5.91 Å². The van der Waals surface area contributed by atoms with Gasteiger partial charge in [0.15, 0.2) is 0 Å². The summed E-state index contributed by atoms with van der Waals surface area (Å²) in [5, 5.41) is 3.49. The number of nitrogens with two attached hydrogens (primary N) is 1. The molecule has 0 unspecified atom stereocenters. The van der Waals surface area contributed by atoms with Crippen LogP contribution in [-0.4, -0.2) is 18.9 Å². The first-order valence-electron chi connectivity index (χ1n) is 10.1. The Morgan fingerprint density at radius 1 is 1.06 bits per heavy atom. The van der Waals surface area contributed by atoms with Crippen molar-refractivity contribution in [1.82, 2.24) is 0 Å². The molecule has 0 saturated heterocycles. The highest BCUT2D eigenvalue weighted by Gasteiger charge is 2.16. The topological polar surface area (TPSA) is 94.6 Å². The zero-order chi connectivity index (χ0) is 23.5. The average Bonchev–Trinajstić information content (AvgIpc) is 3.21. The number of halogens is 1. The second kappa shape index (κ2) is 9.00. The normalized spacial score (nSPS) is 11.4. The van der Waals surface area contributed by atoms with Crippen LogP contribution >= 0.6 is 0 Å². The fourth-order valence-electron chi connectivity index (χ4n) is 3.64. The zero-order valence-corrected chi connectivity index (χ0v) is 18.0. The first-order valence-corrected chi connectivity index (χ1v) is 10.1. The van der Waals surface area contributed by atoms with Gasteiger partial charge in [-0.05, 0) is 48.4 Å². The molecule has 1 heterocycles. The molecule has 0 fully saturated rings. The maximum absolute atomic E-state index is 13.3. The van der Waals surface area contributed by atoms with Gasteiger partial charge < -0.3 is 20.2 Å². The molecule has 3 aromatic carbocycles. The summed E-state index contributed by atoms with van der Waals surface area (Å²) in [5.74, 6) is -0.848. The molecule has 2 amide bonds. The van der Waals surface area contributed by atoms with Gasteiger partial charge in [-0.1, -0.05) is 24.3 Å². The number of para-hydroxylation sites is 1. The van der Waals surface area contributed by atoms with Crippen LogP contribution in [0, 0.1) is 5.82 Å². The minimum absolute atomic E-state index is 0.221. The Labute approximate surface area is 189 Å². The van der Waals surface area contributed by atoms with E-state index < -0.39 is 11.8 Å². The molecule has 0 radical (unpaired) electrons. The van der Waals surface area contributed by atoms with E-state index in [0.717, 1.165) is 16.5 Å². The molecular formula is C26H21FN2O4. The number of allylic oxidation sites excluding steroid dienone is 1. The van der Waals surface area contributed by atoms with Crippen molar-refractivity contribution in [2.24, 2.45) is 5.73 Å². The van der Waals surface area contributed by atoms with Crippen molar-refractivity contribution in [2.75, 3.05) is 12.4 Å². The zero-order valence-electron chi connectivity index (χ0n) is 18.0. The lowest BCUT2D eigenvalue weighted by molar-refractivity contribution is -0.111. The van der Waals surface area contributed by atoms with E-state index in [4.69, 9.17) is 14.9 Å². The number of methoxy groups -OCH3 is 1. The number of hydrogen-bond acceptors (Lipinski definition) is 4. The summed E-state index contributed by atoms with van der Waals surface area (Å²) in [6.45, 7) is 1.78. The number of anilines is 1. The van der Waals surface area contributed by atoms with Crippen LogP contribution in [0.2, 0.25) is 0 Å². The summed E-state index contributed by atoms with van der Waals surface area (Å²) in [7, 11) is 1.53. The molecule has 1 aromatic heterocycles. The van der Waals surface area contributed by atoms with E-state index in [-0.39, 0.29) is 11.4 Å². The molecule has 0 atom stereocenters. The van der Waals surface area contributed by atoms with Crippen LogP contribution < -0.4 is 15.8 Å². The number of ether oxygens (including phenoxy) is 1. The van der Waals surface area contributed by atoms with E-state index in [0.29, 0.717) is 28.2 Å². The fraction of sp³-hybridized carbons (Fsp3) is 0.0769. The van der Waals surface area contributed by atoms with Gasteiger partial charge >= 0.3 is 0 Å². The van der Waals surface area contributed by atoms with Gasteiger partial charge in [-0.3, -0.25) is 9.59 Å². The van der Waals surface area contributed by atoms with Crippen molar-refractivity contribution in [2.45, 2.75) is 6.92 Å². The van der Waals surface area contributed by atoms with E-state index in [1.54, 1.807) is 55.7 Å². The highest BCUT2D eigenvalue weighted by molar-refractivity contribution is 6.09. The molecule has 166 valence electrons. The lowest BCUT2D eigenvalue weighted by Crippen LogP contribution is -2.17. The third-order valence-corrected chi connectivity index (χ3v) is 5.27. The van der Waals surface area contributed by atoms with Gasteiger partial charge in [-0.15, -0.1) is 0 Å². The van der Waals surface area contributed by atoms with Crippen LogP contribution in [0.15, 0.2) is 77.4 Å². The van der Waals surface area contributed by atoms with Gasteiger partial charge in [-0.25, -0.2) is 4.39 Å². The van der Waals surface area contributed by atoms with Crippen LogP contribution in [0.5, 0.6) is 5.75 Å². The maximum Gasteiger partial charge on any atom is 0.250 e. The summed E-state index contributed by atoms with van der Waals surface area (Å²) >= 11 is 0. The van der Waals surface area contributed by atoms with Gasteiger partial charge in [0.05, 0.1) is 24.6 Å². The van der Waals surface area contributed by atoms with Crippen molar-refractivity contribution in [3.05, 3.63) is 89.9 Å². The lowest BCUT2D eigenvalue weighted by atomic mass is 9.99. The molecule has 0 spiro atoms. The van der Waals surface area contributed by atoms with Crippen molar-refractivity contribution < 1.29 is 23.1 Å². The van der Waals surface area contributed by atoms with Gasteiger partial charge in [0.2, 0.25) is 5.91 Å². The predicted octanol–water partition coefficient (Wildman–Crippen LogP) is 5.39. The van der Waals surface area contributed by atoms with Crippen molar-refractivity contribution >= 4 is 34.0 Å². The van der Waals surface area contributed by atoms with E-state index in [9.17, 15) is 14.0 Å². The Morgan fingerprint density at radius 3 is 2.48 bits per heavy atom. The number of rotatable bonds is 6. The smallest absolute Gasteiger partial charge is 0.250 e. The Balaban J connectivity index is 1.71. The summed E-state index contributed by atoms with van der Waals surface area (Å²) in [4.78, 5) is 24.3. The Bertz CT molecular complexity index is 1390. The number of amides is 2. The highest BCUT2D eigenvalue weighted by atomic mass is 19.1. The third-order valence-electron chi connectivity index (χ3n) is 5.27. The second-order valence-corrected chi connectivity index (χ2v) is 7.43. The number of carbonyl (C=O) groups excluding carboxylic acids is 2. The minimum Gasteiger partial charge on any atom is -0.496 e. The predicted molar refractivity (Wildman–Crippen MR) is 125 cm³/mol. The van der Waals surface area contributed by atoms with E-state index in [1.165, 1.54) is 25.3 Å². The number of furan rings is 1. The average molecular weight is 444 g/mol. The molecule has 0 aliphatic carbocycles. The van der Waals surface area contributed by atoms with Crippen LogP contribution in [0.4, 0.5) is 10.1 Å². The van der Waals surface area contributed by atoms with Gasteiger partial charge in [-0.2, -0.15) is 0 Å². The SMILES string of the molecule is COc1cc2occ(-c3ccc(F)cc3)c2cc1/C(C)=C/C(=O)Nc1ccccc1C(N)=O. The first kappa shape index (κ1) is 21.8. The lowest BCUT2D eigenvalue weighted by Gasteiger charge is -2.11. The number of carbonyl (C=O) groups is 2. The van der Waals surface area contributed by atoms with Crippen LogP contribution in [-0.2, 0) is 4.79 Å². The monoisotopic (exact) mass is 444 g/mol. The fourth-order valence-corrected chi connectivity index (χ4v) is 3.64. The maximum atomic E-state index is 13.3. The number of primary amides is 1. The molecule has 4 rings (SSSR count). The van der Waals surface area contributed by atoms with Gasteiger partial charge in [0, 0.05) is 28.7 Å². The standard InChI is InChI=1S/C26H21FN2O4/c1-15(11-25(30)29-22-6-4-3-5-18(22)26(28)31)19-12-20-21(16-7-9-17(27)10-8-16)14-33-24(20)13-23(19)32-2/h3-14H,1-2H3,(H2,28,31)(H,29,30)/b15-11+. The first-order chi connectivity index (χ1) is 15.9. The van der Waals surface area contributed by atoms with Gasteiger partial charge in [0.1, 0.15) is 17.1 Å². The molecular weight excluding hydrogens is 423 g/mol. The molecule has 0 aliphatic rings. The molecule has 7 heteroatoms. The van der Waals surface area contributed by atoms with E-state index in [1.807, 2.05) is 6.07 Å². The largest absolute Gasteiger partial charge is 0.496 e. The number of fused-ring (bicyclic) bond motifs is 1. The van der Waals surface area contributed by atoms with Crippen LogP contribution in [0.3, 0.4) is 0 Å². The molecule has 6 nitrogen and oxygen atoms in total. The quantitative estimate of drug-likeness (QED) is 0.390. The number of benzene rings is 3. The molecule has 0 saturated carbocycles. The van der Waals surface area contributed by atoms with Crippen molar-refractivity contribution in [3.8, 4) is 16.9 Å². The van der Waals surface area contributed by atoms with Crippen molar-refractivity contribution in [1.29, 1.82) is 0 Å². The Hall–Kier alpha value is -4.39. The highest BCUT2D eigenvalue weighted by Crippen LogP contribution is 2.37. The molecule has 4 aromatic rings. The molecule has 0 bridgehead atoms. The molecule has 0 aliphatic heterocycles. The number of nitrogens with one attached hydrogen (secondary N) is 1. The van der Waals surface area contributed by atoms with E-state index >= 15 is 0 Å². The van der Waals surface area contributed by atoms with Crippen molar-refractivity contribution in [3.63, 3.8) is 0 Å². The molecule has 3 N–H and O–H groups in total.